The highest BCUT2D eigenvalue weighted by Crippen LogP contribution is 2.37. The summed E-state index contributed by atoms with van der Waals surface area (Å²) in [5.74, 6) is -1.15. The predicted octanol–water partition coefficient (Wildman–Crippen LogP) is 2.56. The molecule has 134 valence electrons. The zero-order chi connectivity index (χ0) is 17.8. The highest BCUT2D eigenvalue weighted by atomic mass is 32.1. The van der Waals surface area contributed by atoms with Gasteiger partial charge in [-0.2, -0.15) is 0 Å². The molecule has 7 heteroatoms. The molecule has 0 bridgehead atoms. The van der Waals surface area contributed by atoms with E-state index in [2.05, 4.69) is 11.4 Å². The summed E-state index contributed by atoms with van der Waals surface area (Å²) in [5, 5.41) is 3.16. The van der Waals surface area contributed by atoms with E-state index in [1.807, 2.05) is 6.08 Å². The first kappa shape index (κ1) is 17.7. The van der Waals surface area contributed by atoms with Gasteiger partial charge in [0.2, 0.25) is 0 Å². The number of anilines is 1. The molecule has 0 aliphatic heterocycles. The van der Waals surface area contributed by atoms with Gasteiger partial charge in [-0.15, -0.1) is 11.3 Å². The van der Waals surface area contributed by atoms with E-state index >= 15 is 0 Å². The zero-order valence-electron chi connectivity index (χ0n) is 14.0. The summed E-state index contributed by atoms with van der Waals surface area (Å²) in [5.41, 5.74) is 6.87. The van der Waals surface area contributed by atoms with Crippen molar-refractivity contribution in [2.24, 2.45) is 11.7 Å². The standard InChI is InChI=1S/C18H22N2O4S/c19-17(23)16-12-7-3-4-8-13(12)25-18(16)20-14(21)10-24-15(22)9-11-5-1-2-6-11/h1,5,11H,2-4,6-10H2,(H2,19,23)(H,20,21)/t11-/m1/s1. The number of carbonyl (C=O) groups is 3. The number of nitrogens with one attached hydrogen (secondary N) is 1. The van der Waals surface area contributed by atoms with Crippen molar-refractivity contribution in [3.05, 3.63) is 28.2 Å². The van der Waals surface area contributed by atoms with E-state index in [9.17, 15) is 14.4 Å². The summed E-state index contributed by atoms with van der Waals surface area (Å²) in [6, 6.07) is 0. The Labute approximate surface area is 150 Å². The van der Waals surface area contributed by atoms with Gasteiger partial charge in [0.1, 0.15) is 5.00 Å². The Kier molecular flexibility index (Phi) is 5.53. The van der Waals surface area contributed by atoms with Gasteiger partial charge >= 0.3 is 5.97 Å². The predicted molar refractivity (Wildman–Crippen MR) is 95.5 cm³/mol. The maximum Gasteiger partial charge on any atom is 0.306 e. The second kappa shape index (κ2) is 7.82. The molecular formula is C18H22N2O4S. The molecule has 0 spiro atoms. The van der Waals surface area contributed by atoms with E-state index in [0.29, 0.717) is 17.0 Å². The lowest BCUT2D eigenvalue weighted by molar-refractivity contribution is -0.147. The van der Waals surface area contributed by atoms with Crippen LogP contribution in [0, 0.1) is 5.92 Å². The Morgan fingerprint density at radius 2 is 2.08 bits per heavy atom. The molecule has 1 heterocycles. The first-order chi connectivity index (χ1) is 12.0. The lowest BCUT2D eigenvalue weighted by atomic mass is 9.95. The fourth-order valence-electron chi connectivity index (χ4n) is 3.36. The SMILES string of the molecule is NC(=O)c1c(NC(=O)COC(=O)C[C@@H]2C=CCC2)sc2c1CCCC2. The lowest BCUT2D eigenvalue weighted by Gasteiger charge is -2.11. The minimum Gasteiger partial charge on any atom is -0.456 e. The number of allylic oxidation sites excluding steroid dienone is 2. The second-order valence-electron chi connectivity index (χ2n) is 6.46. The normalized spacial score (nSPS) is 18.6. The molecule has 1 atom stereocenters. The molecule has 0 fully saturated rings. The van der Waals surface area contributed by atoms with Crippen LogP contribution < -0.4 is 11.1 Å². The Morgan fingerprint density at radius 3 is 2.80 bits per heavy atom. The molecule has 2 amide bonds. The molecule has 0 unspecified atom stereocenters. The third kappa shape index (κ3) is 4.28. The third-order valence-electron chi connectivity index (χ3n) is 4.58. The van der Waals surface area contributed by atoms with Crippen molar-refractivity contribution < 1.29 is 19.1 Å². The smallest absolute Gasteiger partial charge is 0.306 e. The number of esters is 1. The molecule has 6 nitrogen and oxygen atoms in total. The van der Waals surface area contributed by atoms with Crippen LogP contribution in [0.2, 0.25) is 0 Å². The number of fused-ring (bicyclic) bond motifs is 1. The van der Waals surface area contributed by atoms with Gasteiger partial charge in [-0.05, 0) is 50.0 Å². The minimum atomic E-state index is -0.528. The molecule has 1 aromatic heterocycles. The Bertz CT molecular complexity index is 723. The van der Waals surface area contributed by atoms with Crippen LogP contribution in [0.25, 0.3) is 0 Å². The Morgan fingerprint density at radius 1 is 1.28 bits per heavy atom. The number of amides is 2. The first-order valence-corrected chi connectivity index (χ1v) is 9.42. The van der Waals surface area contributed by atoms with Crippen LogP contribution in [-0.2, 0) is 27.2 Å². The first-order valence-electron chi connectivity index (χ1n) is 8.61. The van der Waals surface area contributed by atoms with Crippen molar-refractivity contribution in [1.29, 1.82) is 0 Å². The number of nitrogens with two attached hydrogens (primary N) is 1. The van der Waals surface area contributed by atoms with Gasteiger partial charge in [0.25, 0.3) is 11.8 Å². The second-order valence-corrected chi connectivity index (χ2v) is 7.56. The van der Waals surface area contributed by atoms with Crippen molar-refractivity contribution >= 4 is 34.1 Å². The lowest BCUT2D eigenvalue weighted by Crippen LogP contribution is -2.23. The maximum absolute atomic E-state index is 12.1. The quantitative estimate of drug-likeness (QED) is 0.600. The van der Waals surface area contributed by atoms with Crippen molar-refractivity contribution in [1.82, 2.24) is 0 Å². The van der Waals surface area contributed by atoms with Crippen LogP contribution in [0.15, 0.2) is 12.2 Å². The maximum atomic E-state index is 12.1. The molecule has 0 aromatic carbocycles. The third-order valence-corrected chi connectivity index (χ3v) is 5.78. The molecule has 0 radical (unpaired) electrons. The summed E-state index contributed by atoms with van der Waals surface area (Å²) in [4.78, 5) is 36.8. The van der Waals surface area contributed by atoms with Gasteiger partial charge in [-0.1, -0.05) is 12.2 Å². The van der Waals surface area contributed by atoms with Crippen molar-refractivity contribution in [2.45, 2.75) is 44.9 Å². The van der Waals surface area contributed by atoms with Crippen molar-refractivity contribution in [3.63, 3.8) is 0 Å². The monoisotopic (exact) mass is 362 g/mol. The molecule has 25 heavy (non-hydrogen) atoms. The van der Waals surface area contributed by atoms with E-state index in [1.165, 1.54) is 11.3 Å². The molecule has 2 aliphatic rings. The van der Waals surface area contributed by atoms with Crippen LogP contribution in [0.4, 0.5) is 5.00 Å². The van der Waals surface area contributed by atoms with E-state index in [-0.39, 0.29) is 18.5 Å². The number of ether oxygens (including phenoxy) is 1. The van der Waals surface area contributed by atoms with E-state index in [1.54, 1.807) is 0 Å². The Balaban J connectivity index is 1.57. The van der Waals surface area contributed by atoms with E-state index in [4.69, 9.17) is 10.5 Å². The van der Waals surface area contributed by atoms with Gasteiger partial charge in [-0.3, -0.25) is 14.4 Å². The van der Waals surface area contributed by atoms with Crippen LogP contribution in [0.3, 0.4) is 0 Å². The van der Waals surface area contributed by atoms with Gasteiger partial charge < -0.3 is 15.8 Å². The average Bonchev–Trinajstić information content (AvgIpc) is 3.19. The molecular weight excluding hydrogens is 340 g/mol. The summed E-state index contributed by atoms with van der Waals surface area (Å²) >= 11 is 1.40. The zero-order valence-corrected chi connectivity index (χ0v) is 14.8. The topological polar surface area (TPSA) is 98.5 Å². The number of primary amides is 1. The largest absolute Gasteiger partial charge is 0.456 e. The number of hydrogen-bond acceptors (Lipinski definition) is 5. The van der Waals surface area contributed by atoms with Crippen molar-refractivity contribution in [3.8, 4) is 0 Å². The molecule has 3 N–H and O–H groups in total. The van der Waals surface area contributed by atoms with Gasteiger partial charge in [0.05, 0.1) is 12.0 Å². The molecule has 0 saturated heterocycles. The Hall–Kier alpha value is -2.15. The van der Waals surface area contributed by atoms with E-state index in [0.717, 1.165) is 49.0 Å². The van der Waals surface area contributed by atoms with Gasteiger partial charge in [0, 0.05) is 4.88 Å². The van der Waals surface area contributed by atoms with Gasteiger partial charge in [0.15, 0.2) is 6.61 Å². The number of aryl methyl sites for hydroxylation is 1. The molecule has 3 rings (SSSR count). The number of thiophene rings is 1. The summed E-state index contributed by atoms with van der Waals surface area (Å²) in [6.45, 7) is -0.351. The minimum absolute atomic E-state index is 0.209. The van der Waals surface area contributed by atoms with Crippen LogP contribution in [0.1, 0.15) is 52.9 Å². The average molecular weight is 362 g/mol. The number of carbonyl (C=O) groups excluding carboxylic acids is 3. The number of hydrogen-bond donors (Lipinski definition) is 2. The summed E-state index contributed by atoms with van der Waals surface area (Å²) in [6.07, 6.45) is 10.1. The highest BCUT2D eigenvalue weighted by molar-refractivity contribution is 7.17. The fraction of sp³-hybridized carbons (Fsp3) is 0.500. The highest BCUT2D eigenvalue weighted by Gasteiger charge is 2.25. The van der Waals surface area contributed by atoms with Gasteiger partial charge in [-0.25, -0.2) is 0 Å². The van der Waals surface area contributed by atoms with E-state index < -0.39 is 11.8 Å². The molecule has 0 saturated carbocycles. The van der Waals surface area contributed by atoms with Crippen LogP contribution >= 0.6 is 11.3 Å². The molecule has 2 aliphatic carbocycles. The fourth-order valence-corrected chi connectivity index (χ4v) is 4.67. The summed E-state index contributed by atoms with van der Waals surface area (Å²) < 4.78 is 5.04. The number of rotatable bonds is 6. The summed E-state index contributed by atoms with van der Waals surface area (Å²) in [7, 11) is 0. The van der Waals surface area contributed by atoms with Crippen LogP contribution in [-0.4, -0.2) is 24.4 Å². The molecule has 1 aromatic rings. The van der Waals surface area contributed by atoms with Crippen molar-refractivity contribution in [2.75, 3.05) is 11.9 Å². The van der Waals surface area contributed by atoms with Crippen LogP contribution in [0.5, 0.6) is 0 Å².